The Morgan fingerprint density at radius 3 is 2.50 bits per heavy atom. The molecule has 0 rings (SSSR count). The summed E-state index contributed by atoms with van der Waals surface area (Å²) in [6.07, 6.45) is 2.08. The zero-order valence-electron chi connectivity index (χ0n) is 7.44. The summed E-state index contributed by atoms with van der Waals surface area (Å²) in [5, 5.41) is 3.28. The number of rotatable bonds is 4. The first-order valence-electron chi connectivity index (χ1n) is 3.68. The van der Waals surface area contributed by atoms with Gasteiger partial charge in [0, 0.05) is 18.8 Å². The van der Waals surface area contributed by atoms with Crippen LogP contribution in [0.2, 0.25) is 0 Å². The molecule has 0 aromatic heterocycles. The third-order valence-corrected chi connectivity index (χ3v) is 1.40. The van der Waals surface area contributed by atoms with Gasteiger partial charge in [0.1, 0.15) is 0 Å². The Bertz CT molecular complexity index is 106. The van der Waals surface area contributed by atoms with Crippen LogP contribution in [0.3, 0.4) is 0 Å². The van der Waals surface area contributed by atoms with Crippen molar-refractivity contribution in [2.24, 2.45) is 0 Å². The molecular formula is C8H18N2. The largest absolute Gasteiger partial charge is 0.388 e. The predicted octanol–water partition coefficient (Wildman–Crippen LogP) is 1.06. The van der Waals surface area contributed by atoms with Gasteiger partial charge in [-0.25, -0.2) is 0 Å². The van der Waals surface area contributed by atoms with Crippen LogP contribution in [0.4, 0.5) is 0 Å². The van der Waals surface area contributed by atoms with Gasteiger partial charge in [-0.2, -0.15) is 0 Å². The highest BCUT2D eigenvalue weighted by Gasteiger charge is 1.88. The van der Waals surface area contributed by atoms with E-state index in [9.17, 15) is 0 Å². The number of nitrogens with zero attached hydrogens (tertiary/aromatic N) is 1. The molecule has 10 heavy (non-hydrogen) atoms. The SMILES string of the molecule is C/C=C(\C)NCCN(C)C. The Kier molecular flexibility index (Phi) is 5.03. The lowest BCUT2D eigenvalue weighted by Crippen LogP contribution is -2.25. The van der Waals surface area contributed by atoms with Crippen LogP contribution in [0.5, 0.6) is 0 Å². The molecule has 0 saturated carbocycles. The van der Waals surface area contributed by atoms with Gasteiger partial charge >= 0.3 is 0 Å². The quantitative estimate of drug-likeness (QED) is 0.631. The summed E-state index contributed by atoms with van der Waals surface area (Å²) in [7, 11) is 4.15. The molecule has 0 bridgehead atoms. The maximum Gasteiger partial charge on any atom is 0.0271 e. The Balaban J connectivity index is 3.20. The predicted molar refractivity (Wildman–Crippen MR) is 46.0 cm³/mol. The summed E-state index contributed by atoms with van der Waals surface area (Å²) in [4.78, 5) is 2.16. The van der Waals surface area contributed by atoms with Gasteiger partial charge in [0.2, 0.25) is 0 Å². The van der Waals surface area contributed by atoms with Crippen LogP contribution in [-0.4, -0.2) is 32.1 Å². The van der Waals surface area contributed by atoms with E-state index in [2.05, 4.69) is 37.3 Å². The lowest BCUT2D eigenvalue weighted by atomic mass is 10.4. The highest BCUT2D eigenvalue weighted by molar-refractivity contribution is 4.92. The molecule has 0 radical (unpaired) electrons. The van der Waals surface area contributed by atoms with Gasteiger partial charge in [-0.1, -0.05) is 6.08 Å². The Labute approximate surface area is 63.9 Å². The molecule has 0 unspecified atom stereocenters. The van der Waals surface area contributed by atoms with Crippen LogP contribution in [0, 0.1) is 0 Å². The van der Waals surface area contributed by atoms with Gasteiger partial charge < -0.3 is 10.2 Å². The third-order valence-electron chi connectivity index (χ3n) is 1.40. The van der Waals surface area contributed by atoms with E-state index in [1.54, 1.807) is 0 Å². The van der Waals surface area contributed by atoms with E-state index in [-0.39, 0.29) is 0 Å². The number of allylic oxidation sites excluding steroid dienone is 2. The first-order chi connectivity index (χ1) is 4.66. The second kappa shape index (κ2) is 5.30. The molecule has 0 amide bonds. The molecule has 0 saturated heterocycles. The van der Waals surface area contributed by atoms with E-state index < -0.39 is 0 Å². The Morgan fingerprint density at radius 2 is 2.10 bits per heavy atom. The van der Waals surface area contributed by atoms with Gasteiger partial charge in [0.25, 0.3) is 0 Å². The van der Waals surface area contributed by atoms with Crippen molar-refractivity contribution in [1.29, 1.82) is 0 Å². The smallest absolute Gasteiger partial charge is 0.0271 e. The molecule has 0 heterocycles. The van der Waals surface area contributed by atoms with Crippen molar-refractivity contribution in [1.82, 2.24) is 10.2 Å². The maximum absolute atomic E-state index is 3.28. The lowest BCUT2D eigenvalue weighted by molar-refractivity contribution is 0.408. The van der Waals surface area contributed by atoms with Crippen LogP contribution < -0.4 is 5.32 Å². The van der Waals surface area contributed by atoms with Crippen LogP contribution >= 0.6 is 0 Å². The summed E-state index contributed by atoms with van der Waals surface area (Å²) in [5.41, 5.74) is 1.25. The fourth-order valence-electron chi connectivity index (χ4n) is 0.579. The van der Waals surface area contributed by atoms with Crippen molar-refractivity contribution in [3.05, 3.63) is 11.8 Å². The van der Waals surface area contributed by atoms with Crippen molar-refractivity contribution in [2.45, 2.75) is 13.8 Å². The van der Waals surface area contributed by atoms with Gasteiger partial charge in [-0.15, -0.1) is 0 Å². The molecule has 0 aromatic rings. The van der Waals surface area contributed by atoms with E-state index in [0.717, 1.165) is 13.1 Å². The summed E-state index contributed by atoms with van der Waals surface area (Å²) < 4.78 is 0. The summed E-state index contributed by atoms with van der Waals surface area (Å²) in [6.45, 7) is 6.24. The number of hydrogen-bond donors (Lipinski definition) is 1. The van der Waals surface area contributed by atoms with E-state index in [4.69, 9.17) is 0 Å². The number of likely N-dealkylation sites (N-methyl/N-ethyl adjacent to an activating group) is 1. The Hall–Kier alpha value is -0.500. The first-order valence-corrected chi connectivity index (χ1v) is 3.68. The van der Waals surface area contributed by atoms with Crippen molar-refractivity contribution >= 4 is 0 Å². The molecule has 0 atom stereocenters. The zero-order chi connectivity index (χ0) is 7.98. The molecule has 0 spiro atoms. The standard InChI is InChI=1S/C8H18N2/c1-5-8(2)9-6-7-10(3)4/h5,9H,6-7H2,1-4H3/b8-5+. The molecule has 0 aliphatic carbocycles. The molecule has 2 nitrogen and oxygen atoms in total. The molecule has 2 heteroatoms. The van der Waals surface area contributed by atoms with Gasteiger partial charge in [0.05, 0.1) is 0 Å². The van der Waals surface area contributed by atoms with E-state index in [0.29, 0.717) is 0 Å². The molecule has 0 fully saturated rings. The topological polar surface area (TPSA) is 15.3 Å². The van der Waals surface area contributed by atoms with Crippen molar-refractivity contribution in [3.63, 3.8) is 0 Å². The Morgan fingerprint density at radius 1 is 1.50 bits per heavy atom. The van der Waals surface area contributed by atoms with E-state index in [1.165, 1.54) is 5.70 Å². The van der Waals surface area contributed by atoms with Crippen molar-refractivity contribution in [2.75, 3.05) is 27.2 Å². The number of hydrogen-bond acceptors (Lipinski definition) is 2. The average Bonchev–Trinajstić information content (AvgIpc) is 1.87. The van der Waals surface area contributed by atoms with Crippen LogP contribution in [-0.2, 0) is 0 Å². The highest BCUT2D eigenvalue weighted by atomic mass is 15.1. The molecule has 0 aromatic carbocycles. The average molecular weight is 142 g/mol. The first kappa shape index (κ1) is 9.50. The minimum atomic E-state index is 1.03. The maximum atomic E-state index is 3.28. The van der Waals surface area contributed by atoms with Gasteiger partial charge in [0.15, 0.2) is 0 Å². The van der Waals surface area contributed by atoms with E-state index >= 15 is 0 Å². The second-order valence-corrected chi connectivity index (χ2v) is 2.70. The van der Waals surface area contributed by atoms with E-state index in [1.807, 2.05) is 6.92 Å². The minimum absolute atomic E-state index is 1.03. The zero-order valence-corrected chi connectivity index (χ0v) is 7.44. The van der Waals surface area contributed by atoms with Gasteiger partial charge in [-0.3, -0.25) is 0 Å². The van der Waals surface area contributed by atoms with Crippen molar-refractivity contribution < 1.29 is 0 Å². The number of nitrogens with one attached hydrogen (secondary N) is 1. The van der Waals surface area contributed by atoms with Crippen LogP contribution in [0.1, 0.15) is 13.8 Å². The summed E-state index contributed by atoms with van der Waals surface area (Å²) in [6, 6.07) is 0. The lowest BCUT2D eigenvalue weighted by Gasteiger charge is -2.10. The normalized spacial score (nSPS) is 12.3. The monoisotopic (exact) mass is 142 g/mol. The fourth-order valence-corrected chi connectivity index (χ4v) is 0.579. The molecule has 0 aliphatic rings. The minimum Gasteiger partial charge on any atom is -0.388 e. The molecule has 60 valence electrons. The molecular weight excluding hydrogens is 124 g/mol. The van der Waals surface area contributed by atoms with Crippen LogP contribution in [0.15, 0.2) is 11.8 Å². The fraction of sp³-hybridized carbons (Fsp3) is 0.750. The third kappa shape index (κ3) is 5.63. The summed E-state index contributed by atoms with van der Waals surface area (Å²) in [5.74, 6) is 0. The molecule has 0 aliphatic heterocycles. The summed E-state index contributed by atoms with van der Waals surface area (Å²) >= 11 is 0. The highest BCUT2D eigenvalue weighted by Crippen LogP contribution is 1.83. The van der Waals surface area contributed by atoms with Crippen molar-refractivity contribution in [3.8, 4) is 0 Å². The van der Waals surface area contributed by atoms with Crippen LogP contribution in [0.25, 0.3) is 0 Å². The van der Waals surface area contributed by atoms with Gasteiger partial charge in [-0.05, 0) is 27.9 Å². The molecule has 1 N–H and O–H groups in total. The second-order valence-electron chi connectivity index (χ2n) is 2.70.